The summed E-state index contributed by atoms with van der Waals surface area (Å²) < 4.78 is 5.99. The molecule has 3 rings (SSSR count). The Balaban J connectivity index is 2.00. The minimum absolute atomic E-state index is 0.121. The van der Waals surface area contributed by atoms with Gasteiger partial charge < -0.3 is 4.74 Å². The fourth-order valence-electron chi connectivity index (χ4n) is 2.37. The number of carbonyl (C=O) groups excluding carboxylic acids is 3. The quantitative estimate of drug-likeness (QED) is 0.634. The monoisotopic (exact) mass is 400 g/mol. The van der Waals surface area contributed by atoms with Gasteiger partial charge in [-0.25, -0.2) is 9.69 Å². The van der Waals surface area contributed by atoms with E-state index in [2.05, 4.69) is 21.2 Å². The average Bonchev–Trinajstić information content (AvgIpc) is 2.60. The first kappa shape index (κ1) is 16.9. The highest BCUT2D eigenvalue weighted by molar-refractivity contribution is 9.10. The minimum atomic E-state index is -0.795. The molecule has 1 aliphatic rings. The molecule has 1 N–H and O–H groups in total. The Labute approximate surface area is 152 Å². The topological polar surface area (TPSA) is 75.7 Å². The van der Waals surface area contributed by atoms with Gasteiger partial charge in [0, 0.05) is 10.5 Å². The maximum absolute atomic E-state index is 12.7. The lowest BCUT2D eigenvalue weighted by atomic mass is 10.1. The van der Waals surface area contributed by atoms with Crippen LogP contribution in [0.2, 0.25) is 0 Å². The van der Waals surface area contributed by atoms with Crippen LogP contribution in [-0.4, -0.2) is 25.0 Å². The summed E-state index contributed by atoms with van der Waals surface area (Å²) in [4.78, 5) is 37.9. The maximum Gasteiger partial charge on any atom is 0.335 e. The lowest BCUT2D eigenvalue weighted by Gasteiger charge is -2.26. The van der Waals surface area contributed by atoms with Crippen LogP contribution in [0.5, 0.6) is 5.75 Å². The highest BCUT2D eigenvalue weighted by Crippen LogP contribution is 2.25. The average molecular weight is 401 g/mol. The Morgan fingerprint density at radius 3 is 2.48 bits per heavy atom. The molecule has 126 valence electrons. The number of nitrogens with zero attached hydrogens (tertiary/aromatic N) is 1. The molecule has 7 heteroatoms. The molecule has 1 aliphatic heterocycles. The third kappa shape index (κ3) is 3.46. The summed E-state index contributed by atoms with van der Waals surface area (Å²) in [7, 11) is 1.49. The van der Waals surface area contributed by atoms with E-state index in [-0.39, 0.29) is 5.57 Å². The van der Waals surface area contributed by atoms with Crippen molar-refractivity contribution in [1.29, 1.82) is 0 Å². The Bertz CT molecular complexity index is 890. The van der Waals surface area contributed by atoms with E-state index in [9.17, 15) is 14.4 Å². The second-order valence-electron chi connectivity index (χ2n) is 5.21. The van der Waals surface area contributed by atoms with Crippen LogP contribution in [0.1, 0.15) is 5.56 Å². The summed E-state index contributed by atoms with van der Waals surface area (Å²) in [6.45, 7) is 0. The van der Waals surface area contributed by atoms with Crippen molar-refractivity contribution in [3.63, 3.8) is 0 Å². The molecule has 0 spiro atoms. The van der Waals surface area contributed by atoms with Crippen molar-refractivity contribution in [1.82, 2.24) is 5.32 Å². The molecule has 1 heterocycles. The van der Waals surface area contributed by atoms with Gasteiger partial charge in [0.2, 0.25) is 0 Å². The van der Waals surface area contributed by atoms with Gasteiger partial charge in [-0.05, 0) is 35.9 Å². The molecular formula is C18H13BrN2O4. The number of ether oxygens (including phenoxy) is 1. The molecular weight excluding hydrogens is 388 g/mol. The number of rotatable bonds is 3. The van der Waals surface area contributed by atoms with Crippen LogP contribution in [-0.2, 0) is 9.59 Å². The lowest BCUT2D eigenvalue weighted by Crippen LogP contribution is -2.54. The van der Waals surface area contributed by atoms with Crippen molar-refractivity contribution >= 4 is 45.5 Å². The van der Waals surface area contributed by atoms with Crippen LogP contribution in [0.25, 0.3) is 6.08 Å². The highest BCUT2D eigenvalue weighted by Gasteiger charge is 2.36. The first-order valence-corrected chi connectivity index (χ1v) is 8.10. The Morgan fingerprint density at radius 2 is 1.80 bits per heavy atom. The third-order valence-electron chi connectivity index (χ3n) is 3.59. The van der Waals surface area contributed by atoms with Gasteiger partial charge >= 0.3 is 6.03 Å². The molecule has 2 aromatic rings. The summed E-state index contributed by atoms with van der Waals surface area (Å²) >= 11 is 3.32. The first-order chi connectivity index (χ1) is 12.0. The number of anilines is 1. The van der Waals surface area contributed by atoms with E-state index in [4.69, 9.17) is 4.74 Å². The zero-order valence-corrected chi connectivity index (χ0v) is 14.7. The van der Waals surface area contributed by atoms with Gasteiger partial charge in [-0.2, -0.15) is 0 Å². The number of hydrogen-bond acceptors (Lipinski definition) is 4. The molecule has 0 unspecified atom stereocenters. The fourth-order valence-corrected chi connectivity index (χ4v) is 2.63. The third-order valence-corrected chi connectivity index (χ3v) is 4.12. The summed E-state index contributed by atoms with van der Waals surface area (Å²) in [5.41, 5.74) is 0.863. The van der Waals surface area contributed by atoms with Crippen molar-refractivity contribution in [3.8, 4) is 5.75 Å². The number of methoxy groups -OCH3 is 1. The second-order valence-corrected chi connectivity index (χ2v) is 6.13. The van der Waals surface area contributed by atoms with Gasteiger partial charge in [-0.15, -0.1) is 0 Å². The zero-order valence-electron chi connectivity index (χ0n) is 13.2. The number of amides is 4. The molecule has 0 bridgehead atoms. The Kier molecular flexibility index (Phi) is 4.67. The van der Waals surface area contributed by atoms with E-state index in [1.807, 2.05) is 0 Å². The van der Waals surface area contributed by atoms with E-state index in [1.54, 1.807) is 48.5 Å². The zero-order chi connectivity index (χ0) is 18.0. The van der Waals surface area contributed by atoms with Crippen molar-refractivity contribution in [3.05, 3.63) is 64.1 Å². The standard InChI is InChI=1S/C18H13BrN2O4/c1-25-14-4-2-3-13(10-14)21-17(23)15(16(22)20-18(21)24)9-11-5-7-12(19)8-6-11/h2-10H,1H3,(H,20,22,24). The van der Waals surface area contributed by atoms with Crippen molar-refractivity contribution in [2.24, 2.45) is 0 Å². The molecule has 0 atom stereocenters. The number of benzene rings is 2. The minimum Gasteiger partial charge on any atom is -0.497 e. The Morgan fingerprint density at radius 1 is 1.08 bits per heavy atom. The number of barbiturate groups is 1. The lowest BCUT2D eigenvalue weighted by molar-refractivity contribution is -0.122. The number of carbonyl (C=O) groups is 3. The van der Waals surface area contributed by atoms with Gasteiger partial charge in [0.15, 0.2) is 0 Å². The summed E-state index contributed by atoms with van der Waals surface area (Å²) in [5.74, 6) is -0.921. The van der Waals surface area contributed by atoms with Crippen LogP contribution >= 0.6 is 15.9 Å². The van der Waals surface area contributed by atoms with E-state index in [1.165, 1.54) is 13.2 Å². The predicted octanol–water partition coefficient (Wildman–Crippen LogP) is 3.12. The summed E-state index contributed by atoms with van der Waals surface area (Å²) in [6, 6.07) is 12.8. The molecule has 25 heavy (non-hydrogen) atoms. The summed E-state index contributed by atoms with van der Waals surface area (Å²) in [6.07, 6.45) is 1.45. The summed E-state index contributed by atoms with van der Waals surface area (Å²) in [5, 5.41) is 2.19. The Hall–Kier alpha value is -2.93. The maximum atomic E-state index is 12.7. The fraction of sp³-hybridized carbons (Fsp3) is 0.0556. The van der Waals surface area contributed by atoms with Crippen LogP contribution in [0.3, 0.4) is 0 Å². The first-order valence-electron chi connectivity index (χ1n) is 7.30. The molecule has 6 nitrogen and oxygen atoms in total. The highest BCUT2D eigenvalue weighted by atomic mass is 79.9. The van der Waals surface area contributed by atoms with Gasteiger partial charge in [0.25, 0.3) is 11.8 Å². The molecule has 4 amide bonds. The van der Waals surface area contributed by atoms with Crippen LogP contribution in [0.4, 0.5) is 10.5 Å². The van der Waals surface area contributed by atoms with Crippen molar-refractivity contribution in [2.75, 3.05) is 12.0 Å². The van der Waals surface area contributed by atoms with Crippen molar-refractivity contribution < 1.29 is 19.1 Å². The van der Waals surface area contributed by atoms with Gasteiger partial charge in [0.05, 0.1) is 12.8 Å². The van der Waals surface area contributed by atoms with Crippen LogP contribution in [0.15, 0.2) is 58.6 Å². The van der Waals surface area contributed by atoms with Crippen LogP contribution in [0, 0.1) is 0 Å². The number of hydrogen-bond donors (Lipinski definition) is 1. The molecule has 0 radical (unpaired) electrons. The molecule has 1 fully saturated rings. The van der Waals surface area contributed by atoms with E-state index < -0.39 is 17.8 Å². The largest absolute Gasteiger partial charge is 0.497 e. The molecule has 2 aromatic carbocycles. The number of imide groups is 2. The molecule has 1 saturated heterocycles. The molecule has 0 saturated carbocycles. The smallest absolute Gasteiger partial charge is 0.335 e. The van der Waals surface area contributed by atoms with Gasteiger partial charge in [-0.3, -0.25) is 14.9 Å². The van der Waals surface area contributed by atoms with E-state index in [0.29, 0.717) is 17.0 Å². The molecule has 0 aromatic heterocycles. The normalized spacial score (nSPS) is 16.2. The van der Waals surface area contributed by atoms with E-state index >= 15 is 0 Å². The SMILES string of the molecule is COc1cccc(N2C(=O)NC(=O)C(=Cc3ccc(Br)cc3)C2=O)c1. The number of urea groups is 1. The van der Waals surface area contributed by atoms with Crippen LogP contribution < -0.4 is 15.0 Å². The number of nitrogens with one attached hydrogen (secondary N) is 1. The number of halogens is 1. The van der Waals surface area contributed by atoms with Gasteiger partial charge in [-0.1, -0.05) is 34.1 Å². The second kappa shape index (κ2) is 6.90. The molecule has 0 aliphatic carbocycles. The van der Waals surface area contributed by atoms with E-state index in [0.717, 1.165) is 9.37 Å². The predicted molar refractivity (Wildman–Crippen MR) is 96.1 cm³/mol. The van der Waals surface area contributed by atoms with Gasteiger partial charge in [0.1, 0.15) is 11.3 Å². The van der Waals surface area contributed by atoms with Crippen molar-refractivity contribution in [2.45, 2.75) is 0 Å².